The van der Waals surface area contributed by atoms with Crippen molar-refractivity contribution in [1.29, 1.82) is 0 Å². The Labute approximate surface area is 172 Å². The number of benzene rings is 2. The van der Waals surface area contributed by atoms with Crippen molar-refractivity contribution in [3.63, 3.8) is 0 Å². The molecule has 0 saturated heterocycles. The summed E-state index contributed by atoms with van der Waals surface area (Å²) < 4.78 is 25.7. The summed E-state index contributed by atoms with van der Waals surface area (Å²) in [4.78, 5) is 40.0. The second-order valence-corrected chi connectivity index (χ2v) is 7.06. The molecule has 2 aromatic rings. The van der Waals surface area contributed by atoms with Crippen molar-refractivity contribution in [2.24, 2.45) is 0 Å². The molecular formula is C22H17FN2O5. The fourth-order valence-electron chi connectivity index (χ4n) is 3.43. The van der Waals surface area contributed by atoms with Gasteiger partial charge in [-0.3, -0.25) is 19.3 Å². The number of anilines is 2. The van der Waals surface area contributed by atoms with E-state index < -0.39 is 23.5 Å². The summed E-state index contributed by atoms with van der Waals surface area (Å²) in [5, 5.41) is 0. The second kappa shape index (κ2) is 7.19. The number of imide groups is 1. The van der Waals surface area contributed by atoms with E-state index in [2.05, 4.69) is 5.92 Å². The molecule has 0 N–H and O–H groups in total. The largest absolute Gasteiger partial charge is 0.491 e. The van der Waals surface area contributed by atoms with E-state index in [1.807, 2.05) is 13.8 Å². The molecule has 2 aliphatic heterocycles. The third kappa shape index (κ3) is 3.05. The summed E-state index contributed by atoms with van der Waals surface area (Å²) in [6, 6.07) is 6.78. The molecule has 7 nitrogen and oxygen atoms in total. The Hall–Kier alpha value is -3.86. The zero-order chi connectivity index (χ0) is 21.6. The van der Waals surface area contributed by atoms with Crippen LogP contribution < -0.4 is 19.3 Å². The van der Waals surface area contributed by atoms with E-state index in [1.54, 1.807) is 6.07 Å². The average molecular weight is 408 g/mol. The number of carbonyl (C=O) groups excluding carboxylic acids is 3. The maximum Gasteiger partial charge on any atom is 0.266 e. The van der Waals surface area contributed by atoms with Gasteiger partial charge in [-0.15, -0.1) is 6.42 Å². The van der Waals surface area contributed by atoms with Gasteiger partial charge in [-0.2, -0.15) is 0 Å². The number of terminal acetylenes is 1. The molecule has 0 aromatic heterocycles. The minimum atomic E-state index is -0.836. The lowest BCUT2D eigenvalue weighted by Gasteiger charge is -2.29. The van der Waals surface area contributed by atoms with Crippen LogP contribution >= 0.6 is 0 Å². The number of hydrogen-bond acceptors (Lipinski definition) is 5. The molecule has 30 heavy (non-hydrogen) atoms. The summed E-state index contributed by atoms with van der Waals surface area (Å²) in [5.74, 6) is 0.296. The van der Waals surface area contributed by atoms with Crippen molar-refractivity contribution >= 4 is 29.1 Å². The Morgan fingerprint density at radius 3 is 2.57 bits per heavy atom. The number of fused-ring (bicyclic) bond motifs is 2. The summed E-state index contributed by atoms with van der Waals surface area (Å²) in [5.41, 5.74) is 0.164. The molecular weight excluding hydrogens is 391 g/mol. The average Bonchev–Trinajstić information content (AvgIpc) is 2.94. The van der Waals surface area contributed by atoms with Crippen molar-refractivity contribution in [2.45, 2.75) is 20.0 Å². The highest BCUT2D eigenvalue weighted by molar-refractivity contribution is 6.34. The highest BCUT2D eigenvalue weighted by atomic mass is 19.1. The lowest BCUT2D eigenvalue weighted by Crippen LogP contribution is -2.39. The highest BCUT2D eigenvalue weighted by Crippen LogP contribution is 2.40. The number of amides is 3. The lowest BCUT2D eigenvalue weighted by atomic mass is 10.1. The third-order valence-electron chi connectivity index (χ3n) is 4.69. The monoisotopic (exact) mass is 408 g/mol. The standard InChI is InChI=1S/C22H17FN2O5/c1-4-7-24-18-10-17(16(23)9-19(18)29-11-20(24)26)25-21(27)14-6-5-13(30-12(2)3)8-15(14)22(25)28/h1,5-6,8-10,12H,7,11H2,2-3H3. The van der Waals surface area contributed by atoms with Crippen LogP contribution in [0.2, 0.25) is 0 Å². The molecule has 0 aliphatic carbocycles. The summed E-state index contributed by atoms with van der Waals surface area (Å²) in [6.45, 7) is 3.33. The van der Waals surface area contributed by atoms with E-state index in [4.69, 9.17) is 15.9 Å². The number of halogens is 1. The molecule has 2 aromatic carbocycles. The van der Waals surface area contributed by atoms with Crippen LogP contribution in [-0.4, -0.2) is 37.0 Å². The van der Waals surface area contributed by atoms with E-state index in [0.29, 0.717) is 5.75 Å². The maximum atomic E-state index is 14.9. The first-order valence-electron chi connectivity index (χ1n) is 9.21. The SMILES string of the molecule is C#CCN1C(=O)COc2cc(F)c(N3C(=O)c4ccc(OC(C)C)cc4C3=O)cc21. The zero-order valence-corrected chi connectivity index (χ0v) is 16.3. The second-order valence-electron chi connectivity index (χ2n) is 7.06. The first kappa shape index (κ1) is 19.5. The molecule has 2 aliphatic rings. The molecule has 0 spiro atoms. The van der Waals surface area contributed by atoms with Gasteiger partial charge in [0.15, 0.2) is 12.4 Å². The molecule has 2 heterocycles. The number of carbonyl (C=O) groups is 3. The summed E-state index contributed by atoms with van der Waals surface area (Å²) >= 11 is 0. The van der Waals surface area contributed by atoms with Crippen LogP contribution in [0.3, 0.4) is 0 Å². The molecule has 152 valence electrons. The fourth-order valence-corrected chi connectivity index (χ4v) is 3.43. The number of rotatable bonds is 4. The Balaban J connectivity index is 1.77. The van der Waals surface area contributed by atoms with Crippen LogP contribution in [0.15, 0.2) is 30.3 Å². The smallest absolute Gasteiger partial charge is 0.266 e. The molecule has 0 radical (unpaired) electrons. The Morgan fingerprint density at radius 1 is 1.13 bits per heavy atom. The molecule has 0 bridgehead atoms. The third-order valence-corrected chi connectivity index (χ3v) is 4.69. The van der Waals surface area contributed by atoms with Gasteiger partial charge in [0.1, 0.15) is 11.5 Å². The molecule has 8 heteroatoms. The van der Waals surface area contributed by atoms with Gasteiger partial charge in [-0.1, -0.05) is 5.92 Å². The van der Waals surface area contributed by atoms with E-state index in [1.165, 1.54) is 23.1 Å². The van der Waals surface area contributed by atoms with Crippen LogP contribution in [-0.2, 0) is 4.79 Å². The Kier molecular flexibility index (Phi) is 4.66. The lowest BCUT2D eigenvalue weighted by molar-refractivity contribution is -0.121. The Bertz CT molecular complexity index is 1140. The zero-order valence-electron chi connectivity index (χ0n) is 16.3. The van der Waals surface area contributed by atoms with Crippen LogP contribution in [0.4, 0.5) is 15.8 Å². The number of nitrogens with zero attached hydrogens (tertiary/aromatic N) is 2. The highest BCUT2D eigenvalue weighted by Gasteiger charge is 2.39. The normalized spacial score (nSPS) is 15.1. The van der Waals surface area contributed by atoms with Gasteiger partial charge < -0.3 is 9.47 Å². The van der Waals surface area contributed by atoms with Crippen LogP contribution in [0, 0.1) is 18.2 Å². The van der Waals surface area contributed by atoms with Crippen molar-refractivity contribution in [1.82, 2.24) is 0 Å². The van der Waals surface area contributed by atoms with E-state index >= 15 is 0 Å². The molecule has 0 saturated carbocycles. The molecule has 0 fully saturated rings. The van der Waals surface area contributed by atoms with Crippen LogP contribution in [0.25, 0.3) is 0 Å². The van der Waals surface area contributed by atoms with Crippen LogP contribution in [0.5, 0.6) is 11.5 Å². The van der Waals surface area contributed by atoms with Gasteiger partial charge in [0, 0.05) is 6.07 Å². The van der Waals surface area contributed by atoms with Crippen molar-refractivity contribution in [3.05, 3.63) is 47.3 Å². The van der Waals surface area contributed by atoms with Gasteiger partial charge in [0.2, 0.25) is 0 Å². The van der Waals surface area contributed by atoms with Crippen molar-refractivity contribution < 1.29 is 28.2 Å². The molecule has 0 atom stereocenters. The van der Waals surface area contributed by atoms with E-state index in [9.17, 15) is 18.8 Å². The molecule has 0 unspecified atom stereocenters. The van der Waals surface area contributed by atoms with Gasteiger partial charge in [-0.25, -0.2) is 9.29 Å². The predicted octanol–water partition coefficient (Wildman–Crippen LogP) is 2.77. The fraction of sp³-hybridized carbons (Fsp3) is 0.227. The minimum absolute atomic E-state index is 0.0573. The van der Waals surface area contributed by atoms with Gasteiger partial charge in [-0.05, 0) is 38.1 Å². The Morgan fingerprint density at radius 2 is 1.87 bits per heavy atom. The topological polar surface area (TPSA) is 76.2 Å². The van der Waals surface area contributed by atoms with E-state index in [0.717, 1.165) is 11.0 Å². The summed E-state index contributed by atoms with van der Waals surface area (Å²) in [7, 11) is 0. The van der Waals surface area contributed by atoms with Crippen LogP contribution in [0.1, 0.15) is 34.6 Å². The predicted molar refractivity (Wildman–Crippen MR) is 106 cm³/mol. The minimum Gasteiger partial charge on any atom is -0.491 e. The molecule has 3 amide bonds. The summed E-state index contributed by atoms with van der Waals surface area (Å²) in [6.07, 6.45) is 5.21. The van der Waals surface area contributed by atoms with Gasteiger partial charge in [0.25, 0.3) is 17.7 Å². The van der Waals surface area contributed by atoms with E-state index in [-0.39, 0.29) is 47.5 Å². The maximum absolute atomic E-state index is 14.9. The number of hydrogen-bond donors (Lipinski definition) is 0. The van der Waals surface area contributed by atoms with Gasteiger partial charge in [0.05, 0.1) is 35.2 Å². The first-order valence-corrected chi connectivity index (χ1v) is 9.21. The number of ether oxygens (including phenoxy) is 2. The van der Waals surface area contributed by atoms with Gasteiger partial charge >= 0.3 is 0 Å². The quantitative estimate of drug-likeness (QED) is 0.574. The molecule has 4 rings (SSSR count). The first-order chi connectivity index (χ1) is 14.3. The van der Waals surface area contributed by atoms with Crippen molar-refractivity contribution in [2.75, 3.05) is 23.0 Å². The van der Waals surface area contributed by atoms with Crippen molar-refractivity contribution in [3.8, 4) is 23.8 Å².